The van der Waals surface area contributed by atoms with Gasteiger partial charge in [-0.15, -0.1) is 0 Å². The van der Waals surface area contributed by atoms with Crippen LogP contribution in [0.2, 0.25) is 0 Å². The second-order valence-electron chi connectivity index (χ2n) is 4.06. The van der Waals surface area contributed by atoms with Crippen LogP contribution in [0.4, 0.5) is 8.78 Å². The van der Waals surface area contributed by atoms with E-state index < -0.39 is 23.6 Å². The molecule has 0 aliphatic heterocycles. The van der Waals surface area contributed by atoms with Crippen molar-refractivity contribution in [2.75, 3.05) is 34.4 Å². The molecule has 6 heteroatoms. The highest BCUT2D eigenvalue weighted by atomic mass is 19.1. The molecule has 0 unspecified atom stereocenters. The van der Waals surface area contributed by atoms with Gasteiger partial charge in [0, 0.05) is 19.2 Å². The Kier molecular flexibility index (Phi) is 5.85. The van der Waals surface area contributed by atoms with Crippen LogP contribution in [0.25, 0.3) is 0 Å². The molecule has 1 atom stereocenters. The predicted octanol–water partition coefficient (Wildman–Crippen LogP) is 1.76. The van der Waals surface area contributed by atoms with Crippen LogP contribution in [0, 0.1) is 11.6 Å². The molecule has 0 heterocycles. The van der Waals surface area contributed by atoms with Gasteiger partial charge in [0.05, 0.1) is 13.7 Å². The number of hydrogen-bond acceptors (Lipinski definition) is 4. The average molecular weight is 273 g/mol. The van der Waals surface area contributed by atoms with Crippen LogP contribution in [0.3, 0.4) is 0 Å². The van der Waals surface area contributed by atoms with E-state index in [4.69, 9.17) is 4.74 Å². The molecule has 1 aromatic rings. The Labute approximate surface area is 110 Å². The molecule has 0 fully saturated rings. The standard InChI is InChI=1S/C13H17F2NO3/c1-16(6-7-18-2)12(13(17)19-3)10-8-9(14)4-5-11(10)15/h4-5,8,12H,6-7H2,1-3H3/t12-/m0/s1. The Morgan fingerprint density at radius 1 is 1.37 bits per heavy atom. The Morgan fingerprint density at radius 3 is 2.63 bits per heavy atom. The number of benzene rings is 1. The Morgan fingerprint density at radius 2 is 2.05 bits per heavy atom. The average Bonchev–Trinajstić information content (AvgIpc) is 2.40. The van der Waals surface area contributed by atoms with Crippen LogP contribution < -0.4 is 0 Å². The zero-order valence-corrected chi connectivity index (χ0v) is 11.2. The van der Waals surface area contributed by atoms with Crippen molar-refractivity contribution in [1.82, 2.24) is 4.90 Å². The quantitative estimate of drug-likeness (QED) is 0.740. The molecule has 19 heavy (non-hydrogen) atoms. The number of carbonyl (C=O) groups is 1. The summed E-state index contributed by atoms with van der Waals surface area (Å²) >= 11 is 0. The second-order valence-corrected chi connectivity index (χ2v) is 4.06. The monoisotopic (exact) mass is 273 g/mol. The third kappa shape index (κ3) is 3.97. The van der Waals surface area contributed by atoms with Crippen LogP contribution in [-0.4, -0.2) is 45.3 Å². The number of esters is 1. The highest BCUT2D eigenvalue weighted by Crippen LogP contribution is 2.24. The number of halogens is 2. The molecule has 0 amide bonds. The van der Waals surface area contributed by atoms with Gasteiger partial charge in [-0.1, -0.05) is 0 Å². The van der Waals surface area contributed by atoms with E-state index in [0.29, 0.717) is 13.2 Å². The molecule has 4 nitrogen and oxygen atoms in total. The van der Waals surface area contributed by atoms with Gasteiger partial charge in [0.2, 0.25) is 0 Å². The van der Waals surface area contributed by atoms with Crippen LogP contribution in [0.15, 0.2) is 18.2 Å². The van der Waals surface area contributed by atoms with Crippen molar-refractivity contribution in [3.63, 3.8) is 0 Å². The van der Waals surface area contributed by atoms with Crippen molar-refractivity contribution in [2.45, 2.75) is 6.04 Å². The number of nitrogens with zero attached hydrogens (tertiary/aromatic N) is 1. The fraction of sp³-hybridized carbons (Fsp3) is 0.462. The molecular weight excluding hydrogens is 256 g/mol. The summed E-state index contributed by atoms with van der Waals surface area (Å²) in [6.45, 7) is 0.743. The topological polar surface area (TPSA) is 38.8 Å². The molecular formula is C13H17F2NO3. The Hall–Kier alpha value is -1.53. The lowest BCUT2D eigenvalue weighted by atomic mass is 10.0. The van der Waals surface area contributed by atoms with E-state index in [9.17, 15) is 13.6 Å². The van der Waals surface area contributed by atoms with Gasteiger partial charge < -0.3 is 9.47 Å². The largest absolute Gasteiger partial charge is 0.468 e. The van der Waals surface area contributed by atoms with E-state index in [1.54, 1.807) is 11.9 Å². The number of rotatable bonds is 6. The molecule has 0 saturated heterocycles. The van der Waals surface area contributed by atoms with Gasteiger partial charge in [0.1, 0.15) is 17.7 Å². The Balaban J connectivity index is 3.08. The first-order chi connectivity index (χ1) is 9.01. The highest BCUT2D eigenvalue weighted by Gasteiger charge is 2.28. The number of likely N-dealkylation sites (N-methyl/N-ethyl adjacent to an activating group) is 1. The second kappa shape index (κ2) is 7.16. The summed E-state index contributed by atoms with van der Waals surface area (Å²) in [6.07, 6.45) is 0. The maximum atomic E-state index is 13.8. The molecule has 0 aromatic heterocycles. The molecule has 0 bridgehead atoms. The number of ether oxygens (including phenoxy) is 2. The minimum atomic E-state index is -1.00. The summed E-state index contributed by atoms with van der Waals surface area (Å²) in [7, 11) is 4.34. The van der Waals surface area contributed by atoms with Gasteiger partial charge in [0.25, 0.3) is 0 Å². The molecule has 0 spiro atoms. The van der Waals surface area contributed by atoms with E-state index >= 15 is 0 Å². The van der Waals surface area contributed by atoms with E-state index in [1.165, 1.54) is 14.2 Å². The normalized spacial score (nSPS) is 12.5. The van der Waals surface area contributed by atoms with Crippen molar-refractivity contribution in [3.05, 3.63) is 35.4 Å². The fourth-order valence-corrected chi connectivity index (χ4v) is 1.74. The van der Waals surface area contributed by atoms with Crippen molar-refractivity contribution in [2.24, 2.45) is 0 Å². The molecule has 1 rings (SSSR count). The number of carbonyl (C=O) groups excluding carboxylic acids is 1. The molecule has 0 saturated carbocycles. The summed E-state index contributed by atoms with van der Waals surface area (Å²) in [5.74, 6) is -1.91. The van der Waals surface area contributed by atoms with Gasteiger partial charge in [0.15, 0.2) is 0 Å². The maximum absolute atomic E-state index is 13.8. The van der Waals surface area contributed by atoms with Gasteiger partial charge in [-0.3, -0.25) is 4.90 Å². The van der Waals surface area contributed by atoms with Crippen LogP contribution in [0.1, 0.15) is 11.6 Å². The minimum Gasteiger partial charge on any atom is -0.468 e. The first kappa shape index (κ1) is 15.5. The zero-order valence-electron chi connectivity index (χ0n) is 11.2. The molecule has 0 radical (unpaired) electrons. The van der Waals surface area contributed by atoms with Gasteiger partial charge in [-0.25, -0.2) is 13.6 Å². The van der Waals surface area contributed by atoms with Crippen molar-refractivity contribution in [3.8, 4) is 0 Å². The van der Waals surface area contributed by atoms with Gasteiger partial charge in [-0.05, 0) is 25.2 Å². The van der Waals surface area contributed by atoms with Crippen molar-refractivity contribution < 1.29 is 23.0 Å². The van der Waals surface area contributed by atoms with E-state index in [2.05, 4.69) is 4.74 Å². The summed E-state index contributed by atoms with van der Waals surface area (Å²) in [5.41, 5.74) is -0.0505. The number of methoxy groups -OCH3 is 2. The highest BCUT2D eigenvalue weighted by molar-refractivity contribution is 5.77. The lowest BCUT2D eigenvalue weighted by molar-refractivity contribution is -0.147. The molecule has 0 aliphatic carbocycles. The predicted molar refractivity (Wildman–Crippen MR) is 65.6 cm³/mol. The molecule has 1 aromatic carbocycles. The zero-order chi connectivity index (χ0) is 14.4. The summed E-state index contributed by atoms with van der Waals surface area (Å²) in [5, 5.41) is 0. The van der Waals surface area contributed by atoms with E-state index in [0.717, 1.165) is 18.2 Å². The lowest BCUT2D eigenvalue weighted by Gasteiger charge is -2.26. The maximum Gasteiger partial charge on any atom is 0.327 e. The van der Waals surface area contributed by atoms with Gasteiger partial charge in [-0.2, -0.15) is 0 Å². The van der Waals surface area contributed by atoms with Crippen molar-refractivity contribution >= 4 is 5.97 Å². The van der Waals surface area contributed by atoms with Gasteiger partial charge >= 0.3 is 5.97 Å². The Bertz CT molecular complexity index is 440. The smallest absolute Gasteiger partial charge is 0.327 e. The van der Waals surface area contributed by atoms with Crippen LogP contribution in [0.5, 0.6) is 0 Å². The number of hydrogen-bond donors (Lipinski definition) is 0. The summed E-state index contributed by atoms with van der Waals surface area (Å²) in [6, 6.07) is 1.99. The summed E-state index contributed by atoms with van der Waals surface area (Å²) in [4.78, 5) is 13.3. The van der Waals surface area contributed by atoms with Crippen LogP contribution >= 0.6 is 0 Å². The first-order valence-corrected chi connectivity index (χ1v) is 5.73. The molecule has 0 N–H and O–H groups in total. The minimum absolute atomic E-state index is 0.0505. The third-order valence-electron chi connectivity index (χ3n) is 2.77. The SMILES string of the molecule is COCCN(C)[C@H](C(=O)OC)c1cc(F)ccc1F. The fourth-order valence-electron chi connectivity index (χ4n) is 1.74. The van der Waals surface area contributed by atoms with Crippen molar-refractivity contribution in [1.29, 1.82) is 0 Å². The van der Waals surface area contributed by atoms with E-state index in [-0.39, 0.29) is 5.56 Å². The first-order valence-electron chi connectivity index (χ1n) is 5.73. The molecule has 0 aliphatic rings. The third-order valence-corrected chi connectivity index (χ3v) is 2.77. The summed E-state index contributed by atoms with van der Waals surface area (Å²) < 4.78 is 36.6. The van der Waals surface area contributed by atoms with Crippen LogP contribution in [-0.2, 0) is 14.3 Å². The lowest BCUT2D eigenvalue weighted by Crippen LogP contribution is -2.34. The van der Waals surface area contributed by atoms with E-state index in [1.807, 2.05) is 0 Å². The molecule has 106 valence electrons.